The second-order valence-electron chi connectivity index (χ2n) is 14.9. The Labute approximate surface area is 386 Å². The molecule has 10 rings (SSSR count). The Morgan fingerprint density at radius 2 is 0.900 bits per heavy atom. The van der Waals surface area contributed by atoms with Crippen LogP contribution in [0, 0.1) is 36.5 Å². The molecular formula is C52H52N6Pt2-6. The van der Waals surface area contributed by atoms with Crippen LogP contribution in [0.1, 0.15) is 25.7 Å². The number of hydrogen-bond acceptors (Lipinski definition) is 4. The van der Waals surface area contributed by atoms with E-state index >= 15 is 0 Å². The van der Waals surface area contributed by atoms with E-state index in [0.29, 0.717) is 11.8 Å². The second kappa shape index (κ2) is 22.9. The van der Waals surface area contributed by atoms with Gasteiger partial charge in [0.2, 0.25) is 0 Å². The molecule has 0 N–H and O–H groups in total. The number of hydrogen-bond donors (Lipinski definition) is 0. The molecule has 4 aliphatic carbocycles. The Morgan fingerprint density at radius 1 is 0.500 bits per heavy atom. The van der Waals surface area contributed by atoms with Crippen molar-refractivity contribution in [1.82, 2.24) is 9.97 Å². The molecule has 0 radical (unpaired) electrons. The van der Waals surface area contributed by atoms with Gasteiger partial charge in [0.05, 0.1) is 11.0 Å². The molecule has 2 unspecified atom stereocenters. The first kappa shape index (κ1) is 45.8. The molecule has 4 aliphatic rings. The van der Waals surface area contributed by atoms with Crippen LogP contribution in [0.3, 0.4) is 0 Å². The first-order valence-corrected chi connectivity index (χ1v) is 20.2. The SMILES string of the molecule is C1=CC2C=C[C-]2CC[CH-]1.C1=CC2C=C[C-]2CC[CH-]1.CN(C)c1ccccc1[N-]c1cccc2cccnc12.CN(C)c1ccccc1[N-]c1cccc2cccnc12.[Pt].[Pt]. The van der Waals surface area contributed by atoms with Gasteiger partial charge in [0, 0.05) is 94.1 Å². The summed E-state index contributed by atoms with van der Waals surface area (Å²) in [5.74, 6) is 4.62. The fourth-order valence-electron chi connectivity index (χ4n) is 7.14. The fourth-order valence-corrected chi connectivity index (χ4v) is 7.14. The molecule has 0 aliphatic heterocycles. The molecule has 0 fully saturated rings. The molecule has 316 valence electrons. The van der Waals surface area contributed by atoms with Crippen molar-refractivity contribution >= 4 is 55.9 Å². The standard InChI is InChI=1S/2C17H16N3.2C9H10.2Pt/c2*1-20(2)16-11-4-3-9-14(16)19-15-10-5-7-13-8-6-12-18-17(13)15;2*1-2-4-8-6-7-9(8)5-3-1;;/h2*3-12H,1-2H3;2*1-2,4,6-8H,3,5H2;;/q2*-1;2*-2;;. The molecule has 0 amide bonds. The van der Waals surface area contributed by atoms with E-state index in [2.05, 4.69) is 118 Å². The normalized spacial score (nSPS) is 16.1. The summed E-state index contributed by atoms with van der Waals surface area (Å²) in [6.07, 6.45) is 31.0. The minimum atomic E-state index is 0. The molecule has 6 aromatic rings. The fraction of sp³-hybridized carbons (Fsp3) is 0.192. The predicted octanol–water partition coefficient (Wildman–Crippen LogP) is 13.9. The van der Waals surface area contributed by atoms with E-state index in [0.717, 1.165) is 55.9 Å². The number of rotatable bonds is 6. The first-order chi connectivity index (χ1) is 28.4. The average molecular weight is 1150 g/mol. The average Bonchev–Trinajstić information content (AvgIpc) is 3.51. The van der Waals surface area contributed by atoms with Crippen molar-refractivity contribution in [3.63, 3.8) is 0 Å². The number of nitrogens with zero attached hydrogens (tertiary/aromatic N) is 6. The van der Waals surface area contributed by atoms with Gasteiger partial charge in [-0.05, 0) is 35.0 Å². The van der Waals surface area contributed by atoms with Gasteiger partial charge in [0.1, 0.15) is 0 Å². The van der Waals surface area contributed by atoms with Crippen LogP contribution >= 0.6 is 0 Å². The Bertz CT molecular complexity index is 2210. The number of pyridine rings is 2. The molecule has 8 heteroatoms. The van der Waals surface area contributed by atoms with Crippen molar-refractivity contribution in [2.45, 2.75) is 25.7 Å². The van der Waals surface area contributed by atoms with E-state index in [1.54, 1.807) is 24.2 Å². The molecular weight excluding hydrogens is 1100 g/mol. The molecule has 2 aromatic heterocycles. The third-order valence-electron chi connectivity index (χ3n) is 10.4. The minimum absolute atomic E-state index is 0. The Morgan fingerprint density at radius 3 is 1.30 bits per heavy atom. The van der Waals surface area contributed by atoms with Crippen LogP contribution in [-0.4, -0.2) is 38.2 Å². The van der Waals surface area contributed by atoms with Gasteiger partial charge in [-0.15, -0.1) is 48.4 Å². The van der Waals surface area contributed by atoms with Crippen molar-refractivity contribution in [3.8, 4) is 0 Å². The quantitative estimate of drug-likeness (QED) is 0.156. The predicted molar refractivity (Wildman–Crippen MR) is 247 cm³/mol. The van der Waals surface area contributed by atoms with E-state index < -0.39 is 0 Å². The topological polar surface area (TPSA) is 60.5 Å². The third kappa shape index (κ3) is 11.9. The molecule has 6 nitrogen and oxygen atoms in total. The number of benzene rings is 4. The van der Waals surface area contributed by atoms with Crippen LogP contribution in [-0.2, 0) is 42.1 Å². The minimum Gasteiger partial charge on any atom is -0.654 e. The molecule has 60 heavy (non-hydrogen) atoms. The van der Waals surface area contributed by atoms with E-state index in [1.165, 1.54) is 25.7 Å². The summed E-state index contributed by atoms with van der Waals surface area (Å²) in [5.41, 5.74) is 7.77. The smallest absolute Gasteiger partial charge is 0.0555 e. The Kier molecular flexibility index (Phi) is 17.5. The van der Waals surface area contributed by atoms with Gasteiger partial charge in [0.25, 0.3) is 0 Å². The second-order valence-corrected chi connectivity index (χ2v) is 14.9. The van der Waals surface area contributed by atoms with E-state index in [9.17, 15) is 0 Å². The van der Waals surface area contributed by atoms with Gasteiger partial charge in [-0.1, -0.05) is 84.9 Å². The van der Waals surface area contributed by atoms with Crippen molar-refractivity contribution < 1.29 is 42.1 Å². The van der Waals surface area contributed by atoms with Crippen LogP contribution in [0.25, 0.3) is 32.4 Å². The molecule has 4 aromatic carbocycles. The van der Waals surface area contributed by atoms with Gasteiger partial charge in [-0.2, -0.15) is 11.8 Å². The molecule has 2 atom stereocenters. The number of anilines is 2. The summed E-state index contributed by atoms with van der Waals surface area (Å²) >= 11 is 0. The van der Waals surface area contributed by atoms with Crippen LogP contribution < -0.4 is 9.80 Å². The largest absolute Gasteiger partial charge is 0.654 e. The maximum absolute atomic E-state index is 4.79. The Balaban J connectivity index is 0.000000159. The molecule has 0 spiro atoms. The number of allylic oxidation sites excluding steroid dienone is 8. The van der Waals surface area contributed by atoms with Crippen LogP contribution in [0.5, 0.6) is 0 Å². The maximum atomic E-state index is 4.79. The summed E-state index contributed by atoms with van der Waals surface area (Å²) in [6.45, 7) is 0. The number of fused-ring (bicyclic) bond motifs is 4. The van der Waals surface area contributed by atoms with E-state index in [-0.39, 0.29) is 42.1 Å². The zero-order valence-electron chi connectivity index (χ0n) is 34.6. The molecule has 0 bridgehead atoms. The van der Waals surface area contributed by atoms with Gasteiger partial charge in [-0.25, -0.2) is 49.0 Å². The molecule has 0 saturated heterocycles. The number of para-hydroxylation sites is 6. The summed E-state index contributed by atoms with van der Waals surface area (Å²) in [7, 11) is 8.09. The van der Waals surface area contributed by atoms with Crippen molar-refractivity contribution in [2.75, 3.05) is 38.0 Å². The Hall–Kier alpha value is -5.28. The summed E-state index contributed by atoms with van der Waals surface area (Å²) in [6, 6.07) is 36.4. The van der Waals surface area contributed by atoms with Gasteiger partial charge >= 0.3 is 0 Å². The van der Waals surface area contributed by atoms with Gasteiger partial charge < -0.3 is 20.4 Å². The maximum Gasteiger partial charge on any atom is 0.0555 e. The zero-order chi connectivity index (χ0) is 40.1. The van der Waals surface area contributed by atoms with Gasteiger partial charge in [-0.3, -0.25) is 34.3 Å². The molecule has 2 heterocycles. The van der Waals surface area contributed by atoms with Crippen molar-refractivity contribution in [1.29, 1.82) is 0 Å². The summed E-state index contributed by atoms with van der Waals surface area (Å²) in [4.78, 5) is 13.0. The van der Waals surface area contributed by atoms with Crippen LogP contribution in [0.2, 0.25) is 0 Å². The van der Waals surface area contributed by atoms with E-state index in [1.807, 2.05) is 101 Å². The van der Waals surface area contributed by atoms with Gasteiger partial charge in [0.15, 0.2) is 0 Å². The first-order valence-electron chi connectivity index (χ1n) is 20.2. The monoisotopic (exact) mass is 1150 g/mol. The van der Waals surface area contributed by atoms with Crippen LogP contribution in [0.15, 0.2) is 170 Å². The summed E-state index contributed by atoms with van der Waals surface area (Å²) in [5, 5.41) is 11.8. The number of aromatic nitrogens is 2. The summed E-state index contributed by atoms with van der Waals surface area (Å²) < 4.78 is 0. The van der Waals surface area contributed by atoms with E-state index in [4.69, 9.17) is 10.6 Å². The van der Waals surface area contributed by atoms with Crippen molar-refractivity contribution in [3.05, 3.63) is 206 Å². The molecule has 0 saturated carbocycles. The third-order valence-corrected chi connectivity index (χ3v) is 10.4. The van der Waals surface area contributed by atoms with Crippen molar-refractivity contribution in [2.24, 2.45) is 11.8 Å². The zero-order valence-corrected chi connectivity index (χ0v) is 39.2. The van der Waals surface area contributed by atoms with Crippen LogP contribution in [0.4, 0.5) is 34.1 Å².